The van der Waals surface area contributed by atoms with E-state index < -0.39 is 45.8 Å². The first-order valence-corrected chi connectivity index (χ1v) is 26.7. The van der Waals surface area contributed by atoms with E-state index in [-0.39, 0.29) is 36.2 Å². The molecule has 2 N–H and O–H groups in total. The van der Waals surface area contributed by atoms with Gasteiger partial charge in [-0.25, -0.2) is 0 Å². The minimum atomic E-state index is -5.23. The van der Waals surface area contributed by atoms with Crippen molar-refractivity contribution in [3.63, 3.8) is 0 Å². The van der Waals surface area contributed by atoms with Crippen LogP contribution in [0.1, 0.15) is 96.3 Å². The average molecular weight is 1020 g/mol. The van der Waals surface area contributed by atoms with Gasteiger partial charge in [-0.1, -0.05) is 141 Å². The number of hydrogen-bond acceptors (Lipinski definition) is 12. The number of hydrogen-bond donors (Lipinski definition) is 2. The van der Waals surface area contributed by atoms with Crippen molar-refractivity contribution < 1.29 is 37.7 Å². The Bertz CT molecular complexity index is 2690. The van der Waals surface area contributed by atoms with Crippen LogP contribution in [0.25, 0.3) is 6.08 Å². The van der Waals surface area contributed by atoms with E-state index >= 15 is 13.2 Å². The van der Waals surface area contributed by atoms with Gasteiger partial charge in [0.25, 0.3) is 5.60 Å². The highest BCUT2D eigenvalue weighted by Crippen LogP contribution is 2.56. The number of carbonyl (C=O) groups is 1. The molecule has 71 heavy (non-hydrogen) atoms. The molecule has 2 unspecified atom stereocenters. The van der Waals surface area contributed by atoms with Gasteiger partial charge in [-0.15, -0.1) is 0 Å². The Kier molecular flexibility index (Phi) is 18.7. The highest BCUT2D eigenvalue weighted by atomic mass is 33.1. The second kappa shape index (κ2) is 24.2. The Balaban J connectivity index is 1.40. The second-order valence-electron chi connectivity index (χ2n) is 19.3. The number of thioether (sulfide) groups is 1. The standard InChI is InChI=1S/C56H59F3N4O5S3/c1-53(2,3)42-19-25-46(26-20-42)70-52-39(33-54(4,5)34-40(52)16-13-38-14-21-44(22-15-38)63(28-30-64)29-31-65)9-8-11-49-48(37-62)51(41(35-60)36-61)68-55(49,56(57,58)59)43-17-23-45(24-18-43)67-50(66)12-7-6-10-47-27-32-69-71-47/h8-9,11,13-26,47,64-65H,6-7,10,12,27-34H2,1-5H3/b11-8+,16-13+,39-9+. The summed E-state index contributed by atoms with van der Waals surface area (Å²) in [5.41, 5.74) is -1.39. The maximum Gasteiger partial charge on any atom is 0.437 e. The van der Waals surface area contributed by atoms with Crippen LogP contribution in [0.15, 0.2) is 141 Å². The van der Waals surface area contributed by atoms with Crippen LogP contribution in [0.3, 0.4) is 0 Å². The largest absolute Gasteiger partial charge is 0.465 e. The van der Waals surface area contributed by atoms with Crippen molar-refractivity contribution in [2.75, 3.05) is 37.0 Å². The molecule has 15 heteroatoms. The van der Waals surface area contributed by atoms with Crippen LogP contribution in [0, 0.1) is 39.4 Å². The topological polar surface area (TPSA) is 151 Å². The number of esters is 1. The first kappa shape index (κ1) is 54.7. The molecule has 9 nitrogen and oxygen atoms in total. The minimum absolute atomic E-state index is 0.0306. The van der Waals surface area contributed by atoms with Gasteiger partial charge in [-0.2, -0.15) is 29.0 Å². The lowest BCUT2D eigenvalue weighted by Gasteiger charge is -2.34. The molecular formula is C56H59F3N4O5S3. The number of ether oxygens (including phenoxy) is 2. The van der Waals surface area contributed by atoms with E-state index in [1.807, 2.05) is 62.9 Å². The van der Waals surface area contributed by atoms with Gasteiger partial charge < -0.3 is 24.6 Å². The number of allylic oxidation sites excluding steroid dienone is 7. The van der Waals surface area contributed by atoms with Crippen LogP contribution in [0.4, 0.5) is 18.9 Å². The zero-order valence-corrected chi connectivity index (χ0v) is 43.1. The molecule has 372 valence electrons. The van der Waals surface area contributed by atoms with Gasteiger partial charge in [0.15, 0.2) is 11.3 Å². The smallest absolute Gasteiger partial charge is 0.437 e. The Morgan fingerprint density at radius 2 is 1.59 bits per heavy atom. The van der Waals surface area contributed by atoms with Crippen LogP contribution in [-0.2, 0) is 20.5 Å². The van der Waals surface area contributed by atoms with Gasteiger partial charge in [0, 0.05) is 57.1 Å². The van der Waals surface area contributed by atoms with Crippen molar-refractivity contribution in [3.05, 3.63) is 152 Å². The van der Waals surface area contributed by atoms with Crippen molar-refractivity contribution in [2.24, 2.45) is 5.41 Å². The maximum absolute atomic E-state index is 16.0. The molecule has 0 saturated carbocycles. The second-order valence-corrected chi connectivity index (χ2v) is 23.2. The number of benzene rings is 3. The maximum atomic E-state index is 16.0. The summed E-state index contributed by atoms with van der Waals surface area (Å²) < 4.78 is 59.1. The Hall–Kier alpha value is -5.60. The van der Waals surface area contributed by atoms with Crippen LogP contribution < -0.4 is 9.64 Å². The zero-order chi connectivity index (χ0) is 51.4. The third kappa shape index (κ3) is 13.7. The molecule has 2 heterocycles. The summed E-state index contributed by atoms with van der Waals surface area (Å²) in [4.78, 5) is 16.5. The lowest BCUT2D eigenvalue weighted by Crippen LogP contribution is -2.43. The normalized spacial score (nSPS) is 19.8. The molecule has 1 aliphatic carbocycles. The van der Waals surface area contributed by atoms with E-state index in [4.69, 9.17) is 9.47 Å². The molecule has 0 spiro atoms. The van der Waals surface area contributed by atoms with Crippen molar-refractivity contribution in [3.8, 4) is 24.0 Å². The summed E-state index contributed by atoms with van der Waals surface area (Å²) in [6.45, 7) is 11.3. The third-order valence-corrected chi connectivity index (χ3v) is 16.6. The van der Waals surface area contributed by atoms with Gasteiger partial charge in [-0.3, -0.25) is 4.79 Å². The summed E-state index contributed by atoms with van der Waals surface area (Å²) in [5, 5.41) is 49.9. The number of nitriles is 3. The van der Waals surface area contributed by atoms with Crippen LogP contribution in [0.2, 0.25) is 0 Å². The van der Waals surface area contributed by atoms with E-state index in [0.717, 1.165) is 74.9 Å². The Morgan fingerprint density at radius 3 is 2.17 bits per heavy atom. The molecule has 3 aromatic carbocycles. The third-order valence-electron chi connectivity index (χ3n) is 12.4. The minimum Gasteiger partial charge on any atom is -0.465 e. The quantitative estimate of drug-likeness (QED) is 0.0410. The molecule has 0 bridgehead atoms. The first-order chi connectivity index (χ1) is 33.9. The zero-order valence-electron chi connectivity index (χ0n) is 40.6. The Morgan fingerprint density at radius 1 is 0.915 bits per heavy atom. The van der Waals surface area contributed by atoms with Crippen LogP contribution in [-0.4, -0.2) is 59.7 Å². The average Bonchev–Trinajstić information content (AvgIpc) is 3.98. The summed E-state index contributed by atoms with van der Waals surface area (Å²) >= 11 is 1.55. The molecule has 3 aliphatic rings. The summed E-state index contributed by atoms with van der Waals surface area (Å²) in [6.07, 6.45) is 8.24. The van der Waals surface area contributed by atoms with Crippen molar-refractivity contribution in [1.82, 2.24) is 0 Å². The SMILES string of the molecule is CC1(C)CC(/C=C/c2ccc(N(CCO)CCO)cc2)=C(Sc2ccc(C(C)(C)C)cc2)C(=C/C=C/C2=C(C#N)C(=C(C#N)C#N)OC2(c2ccc(OC(=O)CCCCC3CCSS3)cc2)C(F)(F)F)/C1. The number of unbranched alkanes of at least 4 members (excludes halogenated alkanes) is 1. The molecule has 6 rings (SSSR count). The predicted octanol–water partition coefficient (Wildman–Crippen LogP) is 13.4. The van der Waals surface area contributed by atoms with E-state index in [9.17, 15) is 30.8 Å². The predicted molar refractivity (Wildman–Crippen MR) is 279 cm³/mol. The Labute approximate surface area is 427 Å². The monoisotopic (exact) mass is 1020 g/mol. The highest BCUT2D eigenvalue weighted by molar-refractivity contribution is 8.77. The van der Waals surface area contributed by atoms with E-state index in [1.54, 1.807) is 30.0 Å². The van der Waals surface area contributed by atoms with Crippen molar-refractivity contribution in [1.29, 1.82) is 15.8 Å². The van der Waals surface area contributed by atoms with Crippen molar-refractivity contribution in [2.45, 2.75) is 107 Å². The molecule has 3 aromatic rings. The van der Waals surface area contributed by atoms with Gasteiger partial charge in [-0.05, 0) is 102 Å². The summed E-state index contributed by atoms with van der Waals surface area (Å²) in [5.74, 6) is -0.141. The number of carbonyl (C=O) groups excluding carboxylic acids is 1. The lowest BCUT2D eigenvalue weighted by atomic mass is 9.74. The number of rotatable bonds is 18. The van der Waals surface area contributed by atoms with E-state index in [2.05, 4.69) is 65.0 Å². The molecule has 0 aromatic heterocycles. The number of aliphatic hydroxyl groups excluding tert-OH is 2. The van der Waals surface area contributed by atoms with Crippen LogP contribution >= 0.6 is 33.3 Å². The molecule has 1 saturated heterocycles. The van der Waals surface area contributed by atoms with E-state index in [1.165, 1.54) is 24.3 Å². The number of anilines is 1. The fraction of sp³-hybridized carbons (Fsp3) is 0.393. The summed E-state index contributed by atoms with van der Waals surface area (Å²) in [6, 6.07) is 25.8. The first-order valence-electron chi connectivity index (χ1n) is 23.5. The molecule has 0 radical (unpaired) electrons. The highest BCUT2D eigenvalue weighted by Gasteiger charge is 2.65. The number of halogens is 3. The van der Waals surface area contributed by atoms with Gasteiger partial charge >= 0.3 is 12.1 Å². The van der Waals surface area contributed by atoms with Gasteiger partial charge in [0.05, 0.1) is 13.2 Å². The lowest BCUT2D eigenvalue weighted by molar-refractivity contribution is -0.249. The van der Waals surface area contributed by atoms with Gasteiger partial charge in [0.2, 0.25) is 0 Å². The van der Waals surface area contributed by atoms with E-state index in [0.29, 0.717) is 37.6 Å². The molecule has 1 fully saturated rings. The fourth-order valence-corrected chi connectivity index (χ4v) is 12.9. The summed E-state index contributed by atoms with van der Waals surface area (Å²) in [7, 11) is 3.72. The molecule has 2 aliphatic heterocycles. The number of alkyl halides is 3. The van der Waals surface area contributed by atoms with Crippen LogP contribution in [0.5, 0.6) is 5.75 Å². The van der Waals surface area contributed by atoms with Gasteiger partial charge in [0.1, 0.15) is 29.5 Å². The molecule has 2 atom stereocenters. The fourth-order valence-electron chi connectivity index (χ4n) is 8.77. The number of aliphatic hydroxyl groups is 2. The van der Waals surface area contributed by atoms with Crippen molar-refractivity contribution >= 4 is 51.1 Å². The molecule has 0 amide bonds. The molecular weight excluding hydrogens is 962 g/mol. The number of nitrogens with zero attached hydrogens (tertiary/aromatic N) is 4.